The monoisotopic (exact) mass is 402 g/mol. The molecule has 0 aromatic heterocycles. The fourth-order valence-corrected chi connectivity index (χ4v) is 5.56. The molecule has 0 aliphatic carbocycles. The van der Waals surface area contributed by atoms with Crippen molar-refractivity contribution in [3.63, 3.8) is 0 Å². The van der Waals surface area contributed by atoms with E-state index in [9.17, 15) is 4.79 Å². The summed E-state index contributed by atoms with van der Waals surface area (Å²) < 4.78 is 1.48. The van der Waals surface area contributed by atoms with Crippen molar-refractivity contribution < 1.29 is 9.63 Å². The summed E-state index contributed by atoms with van der Waals surface area (Å²) in [6.07, 6.45) is -0.580. The van der Waals surface area contributed by atoms with E-state index >= 15 is 0 Å². The molecule has 1 aliphatic heterocycles. The lowest BCUT2D eigenvalue weighted by atomic mass is 10.2. The van der Waals surface area contributed by atoms with Gasteiger partial charge >= 0.3 is 6.09 Å². The second-order valence-electron chi connectivity index (χ2n) is 6.12. The van der Waals surface area contributed by atoms with Crippen LogP contribution in [-0.2, 0) is 4.84 Å². The van der Waals surface area contributed by atoms with Gasteiger partial charge in [0.25, 0.3) is 0 Å². The molecule has 0 saturated carbocycles. The van der Waals surface area contributed by atoms with Crippen molar-refractivity contribution in [2.45, 2.75) is 44.1 Å². The number of rotatable bonds is 3. The Bertz CT molecular complexity index is 637. The molecule has 1 rings (SSSR count). The molecule has 0 radical (unpaired) electrons. The second kappa shape index (κ2) is 8.43. The van der Waals surface area contributed by atoms with Crippen LogP contribution in [0.5, 0.6) is 0 Å². The highest BCUT2D eigenvalue weighted by molar-refractivity contribution is 8.76. The molecular formula is C14H18N4O2S4. The minimum atomic E-state index is -0.580. The highest BCUT2D eigenvalue weighted by atomic mass is 33.1. The van der Waals surface area contributed by atoms with Crippen LogP contribution in [0.3, 0.4) is 0 Å². The SMILES string of the molecule is CN(SSC(C)(C)C)C(=O)ON=C1SC(=C(C#N)C#N)SC1(C)C. The van der Waals surface area contributed by atoms with Crippen molar-refractivity contribution in [3.05, 3.63) is 9.81 Å². The van der Waals surface area contributed by atoms with Crippen molar-refractivity contribution in [1.29, 1.82) is 10.5 Å². The third kappa shape index (κ3) is 6.17. The molecule has 130 valence electrons. The van der Waals surface area contributed by atoms with Crippen LogP contribution < -0.4 is 0 Å². The Balaban J connectivity index is 2.77. The summed E-state index contributed by atoms with van der Waals surface area (Å²) in [7, 11) is 4.44. The number of oxime groups is 1. The van der Waals surface area contributed by atoms with E-state index in [-0.39, 0.29) is 10.3 Å². The predicted molar refractivity (Wildman–Crippen MR) is 104 cm³/mol. The van der Waals surface area contributed by atoms with Crippen LogP contribution in [0.15, 0.2) is 15.0 Å². The van der Waals surface area contributed by atoms with E-state index in [1.807, 2.05) is 26.0 Å². The number of thioether (sulfide) groups is 2. The topological polar surface area (TPSA) is 89.5 Å². The van der Waals surface area contributed by atoms with Crippen molar-refractivity contribution in [1.82, 2.24) is 4.31 Å². The van der Waals surface area contributed by atoms with Crippen LogP contribution in [0.1, 0.15) is 34.6 Å². The molecular weight excluding hydrogens is 384 g/mol. The van der Waals surface area contributed by atoms with E-state index < -0.39 is 10.8 Å². The van der Waals surface area contributed by atoms with Crippen molar-refractivity contribution in [2.24, 2.45) is 5.16 Å². The van der Waals surface area contributed by atoms with E-state index in [2.05, 4.69) is 25.9 Å². The van der Waals surface area contributed by atoms with E-state index in [0.29, 0.717) is 9.28 Å². The number of amides is 1. The van der Waals surface area contributed by atoms with Gasteiger partial charge in [0.05, 0.1) is 8.98 Å². The standard InChI is InChI=1S/C14H18N4O2S4/c1-13(2,3)23-24-18(6)12(19)20-17-11-14(4,5)22-10(21-11)9(7-15)8-16/h1-6H3. The fraction of sp³-hybridized carbons (Fsp3) is 0.571. The van der Waals surface area contributed by atoms with Gasteiger partial charge in [-0.05, 0) is 13.8 Å². The summed E-state index contributed by atoms with van der Waals surface area (Å²) in [6.45, 7) is 9.94. The number of carbonyl (C=O) groups excluding carboxylic acids is 1. The zero-order valence-corrected chi connectivity index (χ0v) is 17.5. The summed E-state index contributed by atoms with van der Waals surface area (Å²) in [5.74, 6) is 0. The Morgan fingerprint density at radius 1 is 1.33 bits per heavy atom. The zero-order chi connectivity index (χ0) is 18.5. The van der Waals surface area contributed by atoms with Gasteiger partial charge in [-0.3, -0.25) is 4.84 Å². The van der Waals surface area contributed by atoms with Gasteiger partial charge in [0, 0.05) is 22.8 Å². The van der Waals surface area contributed by atoms with Gasteiger partial charge in [-0.15, -0.1) is 11.8 Å². The summed E-state index contributed by atoms with van der Waals surface area (Å²) in [5, 5.41) is 22.4. The van der Waals surface area contributed by atoms with Crippen molar-refractivity contribution in [3.8, 4) is 12.1 Å². The van der Waals surface area contributed by atoms with Crippen LogP contribution in [0, 0.1) is 22.7 Å². The average Bonchev–Trinajstić information content (AvgIpc) is 2.77. The number of hydrogen-bond donors (Lipinski definition) is 0. The number of allylic oxidation sites excluding steroid dienone is 1. The molecule has 1 fully saturated rings. The maximum Gasteiger partial charge on any atom is 0.446 e. The van der Waals surface area contributed by atoms with Crippen molar-refractivity contribution >= 4 is 56.4 Å². The Hall–Kier alpha value is -0.940. The first-order valence-electron chi connectivity index (χ1n) is 6.80. The van der Waals surface area contributed by atoms with Crippen LogP contribution in [0.2, 0.25) is 0 Å². The minimum Gasteiger partial charge on any atom is -0.296 e. The molecule has 0 aromatic carbocycles. The molecule has 0 aromatic rings. The van der Waals surface area contributed by atoms with Crippen LogP contribution in [0.4, 0.5) is 4.79 Å². The van der Waals surface area contributed by atoms with Gasteiger partial charge < -0.3 is 0 Å². The number of nitriles is 2. The Labute approximate surface area is 158 Å². The fourth-order valence-electron chi connectivity index (χ4n) is 1.19. The lowest BCUT2D eigenvalue weighted by Gasteiger charge is -2.20. The third-order valence-electron chi connectivity index (χ3n) is 2.34. The van der Waals surface area contributed by atoms with Gasteiger partial charge in [-0.25, -0.2) is 9.10 Å². The maximum absolute atomic E-state index is 12.0. The molecule has 1 saturated heterocycles. The first-order valence-corrected chi connectivity index (χ1v) is 10.5. The minimum absolute atomic E-state index is 0.00964. The van der Waals surface area contributed by atoms with Gasteiger partial charge in [-0.2, -0.15) is 10.5 Å². The Morgan fingerprint density at radius 3 is 2.42 bits per heavy atom. The summed E-state index contributed by atoms with van der Waals surface area (Å²) >= 11 is 2.55. The lowest BCUT2D eigenvalue weighted by molar-refractivity contribution is 0.137. The second-order valence-corrected chi connectivity index (χ2v) is 12.0. The molecule has 0 atom stereocenters. The van der Waals surface area contributed by atoms with E-state index in [0.717, 1.165) is 0 Å². The van der Waals surface area contributed by atoms with E-state index in [1.54, 1.807) is 17.8 Å². The molecule has 1 heterocycles. The van der Waals surface area contributed by atoms with E-state index in [4.69, 9.17) is 15.4 Å². The first-order chi connectivity index (χ1) is 11.0. The summed E-state index contributed by atoms with van der Waals surface area (Å²) in [6, 6.07) is 3.73. The molecule has 1 amide bonds. The molecule has 1 aliphatic rings. The quantitative estimate of drug-likeness (QED) is 0.215. The van der Waals surface area contributed by atoms with Crippen LogP contribution in [-0.4, -0.2) is 32.0 Å². The molecule has 0 spiro atoms. The van der Waals surface area contributed by atoms with Crippen LogP contribution >= 0.6 is 45.3 Å². The predicted octanol–water partition coefficient (Wildman–Crippen LogP) is 4.98. The maximum atomic E-state index is 12.0. The number of hydrogen-bond acceptors (Lipinski definition) is 9. The summed E-state index contributed by atoms with van der Waals surface area (Å²) in [5.41, 5.74) is 0.0452. The lowest BCUT2D eigenvalue weighted by Crippen LogP contribution is -2.23. The molecule has 0 unspecified atom stereocenters. The molecule has 0 N–H and O–H groups in total. The molecule has 0 bridgehead atoms. The number of carbonyl (C=O) groups is 1. The van der Waals surface area contributed by atoms with Gasteiger partial charge in [0.1, 0.15) is 22.8 Å². The first kappa shape index (κ1) is 21.1. The highest BCUT2D eigenvalue weighted by Gasteiger charge is 2.39. The smallest absolute Gasteiger partial charge is 0.296 e. The highest BCUT2D eigenvalue weighted by Crippen LogP contribution is 2.51. The Kier molecular flexibility index (Phi) is 7.42. The van der Waals surface area contributed by atoms with Crippen LogP contribution in [0.25, 0.3) is 0 Å². The molecule has 6 nitrogen and oxygen atoms in total. The Morgan fingerprint density at radius 2 is 1.92 bits per heavy atom. The van der Waals surface area contributed by atoms with E-state index in [1.165, 1.54) is 38.8 Å². The average molecular weight is 403 g/mol. The normalized spacial score (nSPS) is 18.0. The van der Waals surface area contributed by atoms with Gasteiger partial charge in [0.2, 0.25) is 0 Å². The van der Waals surface area contributed by atoms with Gasteiger partial charge in [0.15, 0.2) is 0 Å². The molecule has 10 heteroatoms. The number of nitrogens with zero attached hydrogens (tertiary/aromatic N) is 4. The zero-order valence-electron chi connectivity index (χ0n) is 14.2. The molecule has 24 heavy (non-hydrogen) atoms. The summed E-state index contributed by atoms with van der Waals surface area (Å²) in [4.78, 5) is 17.0. The van der Waals surface area contributed by atoms with Gasteiger partial charge in [-0.1, -0.05) is 48.5 Å². The van der Waals surface area contributed by atoms with Crippen molar-refractivity contribution in [2.75, 3.05) is 7.05 Å². The third-order valence-corrected chi connectivity index (χ3v) is 8.57. The largest absolute Gasteiger partial charge is 0.446 e.